The zero-order chi connectivity index (χ0) is 13.9. The van der Waals surface area contributed by atoms with Crippen LogP contribution in [-0.4, -0.2) is 25.1 Å². The molecule has 1 aliphatic carbocycles. The fraction of sp³-hybridized carbons (Fsp3) is 0.167. The molecular formula is C12H9N3O4. The Kier molecular flexibility index (Phi) is 2.04. The van der Waals surface area contributed by atoms with Crippen molar-refractivity contribution in [2.45, 2.75) is 13.8 Å². The van der Waals surface area contributed by atoms with Gasteiger partial charge in [-0.1, -0.05) is 0 Å². The molecule has 0 radical (unpaired) electrons. The minimum atomic E-state index is -0.509. The average molecular weight is 259 g/mol. The van der Waals surface area contributed by atoms with Crippen LogP contribution in [0.5, 0.6) is 0 Å². The maximum atomic E-state index is 11.2. The molecule has 7 heteroatoms. The Morgan fingerprint density at radius 3 is 2.32 bits per heavy atom. The highest BCUT2D eigenvalue weighted by atomic mass is 16.6. The summed E-state index contributed by atoms with van der Waals surface area (Å²) in [7, 11) is 0. The monoisotopic (exact) mass is 259 g/mol. The van der Waals surface area contributed by atoms with Crippen molar-refractivity contribution < 1.29 is 15.1 Å². The highest BCUT2D eigenvalue weighted by Crippen LogP contribution is 2.38. The number of benzene rings is 1. The summed E-state index contributed by atoms with van der Waals surface area (Å²) in [6, 6.07) is 1.67. The number of aryl methyl sites for hydroxylation is 1. The number of aliphatic hydroxyl groups is 2. The lowest BCUT2D eigenvalue weighted by molar-refractivity contribution is -0.383. The van der Waals surface area contributed by atoms with Crippen LogP contribution in [0, 0.1) is 24.0 Å². The number of nitro groups is 1. The number of nitrogens with zero attached hydrogens (tertiary/aromatic N) is 3. The second-order valence-corrected chi connectivity index (χ2v) is 4.41. The van der Waals surface area contributed by atoms with Gasteiger partial charge in [0.2, 0.25) is 0 Å². The van der Waals surface area contributed by atoms with E-state index in [0.717, 1.165) is 5.56 Å². The zero-order valence-corrected chi connectivity index (χ0v) is 10.1. The number of rotatable bonds is 1. The van der Waals surface area contributed by atoms with Crippen molar-refractivity contribution in [2.24, 2.45) is 0 Å². The summed E-state index contributed by atoms with van der Waals surface area (Å²) < 4.78 is 0. The number of fused-ring (bicyclic) bond motifs is 2. The molecule has 0 saturated heterocycles. The molecule has 3 rings (SSSR count). The van der Waals surface area contributed by atoms with Gasteiger partial charge in [0.15, 0.2) is 17.0 Å². The fourth-order valence-electron chi connectivity index (χ4n) is 2.12. The highest BCUT2D eigenvalue weighted by molar-refractivity contribution is 5.98. The van der Waals surface area contributed by atoms with Gasteiger partial charge in [-0.25, -0.2) is 9.97 Å². The van der Waals surface area contributed by atoms with Gasteiger partial charge in [-0.05, 0) is 25.5 Å². The summed E-state index contributed by atoms with van der Waals surface area (Å²) in [5.41, 5.74) is 1.82. The minimum Gasteiger partial charge on any atom is -0.503 e. The van der Waals surface area contributed by atoms with Gasteiger partial charge in [-0.15, -0.1) is 0 Å². The summed E-state index contributed by atoms with van der Waals surface area (Å²) in [4.78, 5) is 18.8. The molecule has 0 fully saturated rings. The number of aliphatic hydroxyl groups excluding tert-OH is 2. The van der Waals surface area contributed by atoms with Gasteiger partial charge in [-0.3, -0.25) is 10.1 Å². The summed E-state index contributed by atoms with van der Waals surface area (Å²) >= 11 is 0. The van der Waals surface area contributed by atoms with Crippen molar-refractivity contribution >= 4 is 28.2 Å². The number of hydrogen-bond donors (Lipinski definition) is 2. The topological polar surface area (TPSA) is 109 Å². The molecule has 2 N–H and O–H groups in total. The largest absolute Gasteiger partial charge is 0.503 e. The van der Waals surface area contributed by atoms with Crippen molar-refractivity contribution in [2.75, 3.05) is 0 Å². The van der Waals surface area contributed by atoms with E-state index in [0.29, 0.717) is 11.1 Å². The zero-order valence-electron chi connectivity index (χ0n) is 10.1. The molecule has 96 valence electrons. The van der Waals surface area contributed by atoms with Crippen LogP contribution in [0.3, 0.4) is 0 Å². The first-order valence-electron chi connectivity index (χ1n) is 5.51. The molecule has 1 aromatic heterocycles. The maximum Gasteiger partial charge on any atom is 0.300 e. The van der Waals surface area contributed by atoms with Crippen molar-refractivity contribution in [1.29, 1.82) is 0 Å². The number of aromatic nitrogens is 2. The van der Waals surface area contributed by atoms with Crippen molar-refractivity contribution in [3.63, 3.8) is 0 Å². The van der Waals surface area contributed by atoms with Gasteiger partial charge >= 0.3 is 0 Å². The van der Waals surface area contributed by atoms with E-state index >= 15 is 0 Å². The van der Waals surface area contributed by atoms with Crippen LogP contribution in [0.2, 0.25) is 0 Å². The molecule has 0 amide bonds. The lowest BCUT2D eigenvalue weighted by Gasteiger charge is -2.17. The Morgan fingerprint density at radius 1 is 1.16 bits per heavy atom. The lowest BCUT2D eigenvalue weighted by atomic mass is 10.0. The Labute approximate surface area is 107 Å². The van der Waals surface area contributed by atoms with Crippen LogP contribution in [0.1, 0.15) is 22.5 Å². The average Bonchev–Trinajstić information content (AvgIpc) is 2.37. The predicted octanol–water partition coefficient (Wildman–Crippen LogP) is 2.41. The Bertz CT molecular complexity index is 795. The Hall–Kier alpha value is -2.70. The minimum absolute atomic E-state index is 0.0938. The smallest absolute Gasteiger partial charge is 0.300 e. The molecule has 0 saturated carbocycles. The molecule has 0 aliphatic heterocycles. The third kappa shape index (κ3) is 1.32. The molecule has 0 atom stereocenters. The molecule has 1 heterocycles. The van der Waals surface area contributed by atoms with Crippen molar-refractivity contribution in [1.82, 2.24) is 9.97 Å². The highest BCUT2D eigenvalue weighted by Gasteiger charge is 2.32. The summed E-state index contributed by atoms with van der Waals surface area (Å²) in [5.74, 6) is -0.706. The number of nitro benzene ring substituents is 1. The normalized spacial score (nSPS) is 13.4. The standard InChI is InChI=1S/C12H9N3O4/c1-4-3-6-7(10(5(4)2)15(18)19)14-9-8(13-6)11(16)12(9)17/h3,16-17H,1-2H3. The van der Waals surface area contributed by atoms with Crippen LogP contribution >= 0.6 is 0 Å². The van der Waals surface area contributed by atoms with Crippen LogP contribution in [0.25, 0.3) is 22.6 Å². The second-order valence-electron chi connectivity index (χ2n) is 4.41. The SMILES string of the molecule is Cc1cc2nc3c(nc2c([N+](=O)[O-])c1C)C(O)=C3O. The fourth-order valence-corrected chi connectivity index (χ4v) is 2.12. The van der Waals surface area contributed by atoms with Crippen LogP contribution in [-0.2, 0) is 0 Å². The molecule has 19 heavy (non-hydrogen) atoms. The van der Waals surface area contributed by atoms with E-state index in [4.69, 9.17) is 0 Å². The lowest BCUT2D eigenvalue weighted by Crippen LogP contribution is -2.12. The molecule has 2 aromatic rings. The second kappa shape index (κ2) is 3.41. The molecule has 1 aliphatic rings. The third-order valence-electron chi connectivity index (χ3n) is 3.30. The van der Waals surface area contributed by atoms with Gasteiger partial charge in [0, 0.05) is 5.56 Å². The van der Waals surface area contributed by atoms with E-state index in [2.05, 4.69) is 9.97 Å². The summed E-state index contributed by atoms with van der Waals surface area (Å²) in [5, 5.41) is 30.0. The predicted molar refractivity (Wildman–Crippen MR) is 67.7 cm³/mol. The molecule has 0 bridgehead atoms. The van der Waals surface area contributed by atoms with Crippen LogP contribution in [0.15, 0.2) is 6.07 Å². The molecular weight excluding hydrogens is 250 g/mol. The molecule has 7 nitrogen and oxygen atoms in total. The van der Waals surface area contributed by atoms with Crippen molar-refractivity contribution in [3.8, 4) is 0 Å². The van der Waals surface area contributed by atoms with Gasteiger partial charge in [0.1, 0.15) is 11.4 Å². The van der Waals surface area contributed by atoms with E-state index in [-0.39, 0.29) is 34.1 Å². The van der Waals surface area contributed by atoms with E-state index in [1.54, 1.807) is 19.9 Å². The van der Waals surface area contributed by atoms with Gasteiger partial charge in [0.25, 0.3) is 5.69 Å². The quantitative estimate of drug-likeness (QED) is 0.601. The third-order valence-corrected chi connectivity index (χ3v) is 3.30. The Morgan fingerprint density at radius 2 is 1.74 bits per heavy atom. The molecule has 1 aromatic carbocycles. The van der Waals surface area contributed by atoms with E-state index in [9.17, 15) is 20.3 Å². The molecule has 0 unspecified atom stereocenters. The summed E-state index contributed by atoms with van der Waals surface area (Å²) in [6.07, 6.45) is 0. The van der Waals surface area contributed by atoms with E-state index < -0.39 is 4.92 Å². The van der Waals surface area contributed by atoms with Gasteiger partial charge < -0.3 is 10.2 Å². The maximum absolute atomic E-state index is 11.2. The van der Waals surface area contributed by atoms with Gasteiger partial charge in [0.05, 0.1) is 10.4 Å². The number of hydrogen-bond acceptors (Lipinski definition) is 6. The first kappa shape index (κ1) is 11.4. The van der Waals surface area contributed by atoms with E-state index in [1.165, 1.54) is 0 Å². The van der Waals surface area contributed by atoms with Crippen LogP contribution < -0.4 is 0 Å². The van der Waals surface area contributed by atoms with E-state index in [1.807, 2.05) is 0 Å². The Balaban J connectivity index is 2.43. The van der Waals surface area contributed by atoms with Gasteiger partial charge in [-0.2, -0.15) is 0 Å². The first-order valence-corrected chi connectivity index (χ1v) is 5.51. The van der Waals surface area contributed by atoms with Crippen molar-refractivity contribution in [3.05, 3.63) is 38.7 Å². The first-order chi connectivity index (χ1) is 8.91. The van der Waals surface area contributed by atoms with Crippen LogP contribution in [0.4, 0.5) is 5.69 Å². The molecule has 0 spiro atoms. The summed E-state index contributed by atoms with van der Waals surface area (Å²) in [6.45, 7) is 3.39.